The summed E-state index contributed by atoms with van der Waals surface area (Å²) in [4.78, 5) is 29.0. The molecule has 0 radical (unpaired) electrons. The minimum Gasteiger partial charge on any atom is -0.466 e. The minimum absolute atomic E-state index is 0.252. The van der Waals surface area contributed by atoms with Crippen LogP contribution in [-0.4, -0.2) is 41.5 Å². The molecule has 0 aliphatic carbocycles. The molecule has 0 saturated carbocycles. The molecule has 1 aromatic heterocycles. The highest BCUT2D eigenvalue weighted by atomic mass is 19.1. The van der Waals surface area contributed by atoms with Crippen LogP contribution in [0.1, 0.15) is 30.1 Å². The van der Waals surface area contributed by atoms with Crippen LogP contribution in [0.4, 0.5) is 4.39 Å². The SMILES string of the molecule is CCOC(=O)C1CCCN(C(=O)c2ccnc(F)c2)C1. The standard InChI is InChI=1S/C14H17FN2O3/c1-2-20-14(19)11-4-3-7-17(9-11)13(18)10-5-6-16-12(15)8-10/h5-6,8,11H,2-4,7,9H2,1H3. The fraction of sp³-hybridized carbons (Fsp3) is 0.500. The summed E-state index contributed by atoms with van der Waals surface area (Å²) in [5, 5.41) is 0. The van der Waals surface area contributed by atoms with E-state index in [1.54, 1.807) is 11.8 Å². The van der Waals surface area contributed by atoms with Gasteiger partial charge in [-0.2, -0.15) is 4.39 Å². The Hall–Kier alpha value is -1.98. The number of ether oxygens (including phenoxy) is 1. The van der Waals surface area contributed by atoms with Gasteiger partial charge in [-0.15, -0.1) is 0 Å². The van der Waals surface area contributed by atoms with Crippen LogP contribution in [0.5, 0.6) is 0 Å². The molecule has 1 amide bonds. The molecule has 1 aromatic rings. The number of likely N-dealkylation sites (tertiary alicyclic amines) is 1. The number of hydrogen-bond donors (Lipinski definition) is 0. The highest BCUT2D eigenvalue weighted by Gasteiger charge is 2.29. The molecule has 1 aliphatic rings. The molecule has 1 atom stereocenters. The number of nitrogens with zero attached hydrogens (tertiary/aromatic N) is 2. The van der Waals surface area contributed by atoms with Gasteiger partial charge in [0.1, 0.15) is 0 Å². The van der Waals surface area contributed by atoms with E-state index in [-0.39, 0.29) is 23.4 Å². The molecule has 0 bridgehead atoms. The van der Waals surface area contributed by atoms with E-state index >= 15 is 0 Å². The number of esters is 1. The second kappa shape index (κ2) is 6.45. The molecular formula is C14H17FN2O3. The van der Waals surface area contributed by atoms with Gasteiger partial charge in [0.15, 0.2) is 0 Å². The molecule has 2 heterocycles. The second-order valence-electron chi connectivity index (χ2n) is 4.71. The van der Waals surface area contributed by atoms with Crippen molar-refractivity contribution >= 4 is 11.9 Å². The number of rotatable bonds is 3. The van der Waals surface area contributed by atoms with Crippen LogP contribution in [0.3, 0.4) is 0 Å². The normalized spacial score (nSPS) is 18.7. The molecule has 6 heteroatoms. The third-order valence-corrected chi connectivity index (χ3v) is 3.30. The summed E-state index contributed by atoms with van der Waals surface area (Å²) < 4.78 is 18.0. The lowest BCUT2D eigenvalue weighted by atomic mass is 9.97. The Kier molecular flexibility index (Phi) is 4.65. The highest BCUT2D eigenvalue weighted by molar-refractivity contribution is 5.94. The van der Waals surface area contributed by atoms with Crippen molar-refractivity contribution in [1.29, 1.82) is 0 Å². The lowest BCUT2D eigenvalue weighted by Crippen LogP contribution is -2.42. The van der Waals surface area contributed by atoms with Crippen molar-refractivity contribution in [3.8, 4) is 0 Å². The summed E-state index contributed by atoms with van der Waals surface area (Å²) in [6.07, 6.45) is 2.71. The number of hydrogen-bond acceptors (Lipinski definition) is 4. The number of amides is 1. The third-order valence-electron chi connectivity index (χ3n) is 3.30. The first-order valence-electron chi connectivity index (χ1n) is 6.69. The first-order chi connectivity index (χ1) is 9.61. The first-order valence-corrected chi connectivity index (χ1v) is 6.69. The molecule has 20 heavy (non-hydrogen) atoms. The zero-order valence-electron chi connectivity index (χ0n) is 11.3. The van der Waals surface area contributed by atoms with Crippen LogP contribution in [0.15, 0.2) is 18.3 Å². The first kappa shape index (κ1) is 14.4. The van der Waals surface area contributed by atoms with Crippen LogP contribution >= 0.6 is 0 Å². The van der Waals surface area contributed by atoms with E-state index in [1.165, 1.54) is 12.3 Å². The molecule has 0 spiro atoms. The number of halogens is 1. The molecule has 0 N–H and O–H groups in total. The fourth-order valence-corrected chi connectivity index (χ4v) is 2.33. The van der Waals surface area contributed by atoms with Gasteiger partial charge in [0.05, 0.1) is 12.5 Å². The number of carbonyl (C=O) groups excluding carboxylic acids is 2. The molecule has 1 fully saturated rings. The molecule has 2 rings (SSSR count). The molecule has 1 unspecified atom stereocenters. The van der Waals surface area contributed by atoms with E-state index < -0.39 is 5.95 Å². The number of aromatic nitrogens is 1. The average Bonchev–Trinajstić information content (AvgIpc) is 2.47. The number of piperidine rings is 1. The van der Waals surface area contributed by atoms with Crippen molar-refractivity contribution < 1.29 is 18.7 Å². The Morgan fingerprint density at radius 2 is 2.35 bits per heavy atom. The Balaban J connectivity index is 2.05. The summed E-state index contributed by atoms with van der Waals surface area (Å²) in [7, 11) is 0. The summed E-state index contributed by atoms with van der Waals surface area (Å²) in [5.74, 6) is -1.53. The maximum atomic E-state index is 13.0. The third kappa shape index (κ3) is 3.31. The minimum atomic E-state index is -0.685. The number of carbonyl (C=O) groups is 2. The zero-order chi connectivity index (χ0) is 14.5. The van der Waals surface area contributed by atoms with Gasteiger partial charge in [-0.3, -0.25) is 9.59 Å². The van der Waals surface area contributed by atoms with Crippen molar-refractivity contribution in [2.24, 2.45) is 5.92 Å². The Bertz CT molecular complexity index is 507. The van der Waals surface area contributed by atoms with E-state index in [9.17, 15) is 14.0 Å². The van der Waals surface area contributed by atoms with Gasteiger partial charge in [0, 0.05) is 30.9 Å². The lowest BCUT2D eigenvalue weighted by molar-refractivity contribution is -0.149. The van der Waals surface area contributed by atoms with Gasteiger partial charge in [0.25, 0.3) is 5.91 Å². The smallest absolute Gasteiger partial charge is 0.310 e. The zero-order valence-corrected chi connectivity index (χ0v) is 11.3. The van der Waals surface area contributed by atoms with Gasteiger partial charge >= 0.3 is 5.97 Å². The van der Waals surface area contributed by atoms with Gasteiger partial charge in [0.2, 0.25) is 5.95 Å². The molecular weight excluding hydrogens is 263 g/mol. The Labute approximate surface area is 116 Å². The van der Waals surface area contributed by atoms with Crippen LogP contribution in [0.25, 0.3) is 0 Å². The molecule has 5 nitrogen and oxygen atoms in total. The largest absolute Gasteiger partial charge is 0.466 e. The summed E-state index contributed by atoms with van der Waals surface area (Å²) in [5.41, 5.74) is 0.252. The van der Waals surface area contributed by atoms with E-state index in [1.807, 2.05) is 0 Å². The predicted octanol–water partition coefficient (Wildman–Crippen LogP) is 1.64. The number of pyridine rings is 1. The second-order valence-corrected chi connectivity index (χ2v) is 4.71. The van der Waals surface area contributed by atoms with Gasteiger partial charge < -0.3 is 9.64 Å². The average molecular weight is 280 g/mol. The van der Waals surface area contributed by atoms with Crippen LogP contribution in [-0.2, 0) is 9.53 Å². The van der Waals surface area contributed by atoms with Crippen LogP contribution in [0.2, 0.25) is 0 Å². The summed E-state index contributed by atoms with van der Waals surface area (Å²) in [6.45, 7) is 2.97. The quantitative estimate of drug-likeness (QED) is 0.624. The predicted molar refractivity (Wildman–Crippen MR) is 69.5 cm³/mol. The van der Waals surface area contributed by atoms with Crippen molar-refractivity contribution in [1.82, 2.24) is 9.88 Å². The topological polar surface area (TPSA) is 59.5 Å². The van der Waals surface area contributed by atoms with Gasteiger partial charge in [-0.1, -0.05) is 0 Å². The van der Waals surface area contributed by atoms with Crippen molar-refractivity contribution in [2.45, 2.75) is 19.8 Å². The molecule has 0 aromatic carbocycles. The maximum absolute atomic E-state index is 13.0. The Morgan fingerprint density at radius 3 is 3.05 bits per heavy atom. The van der Waals surface area contributed by atoms with E-state index in [0.29, 0.717) is 26.1 Å². The molecule has 1 aliphatic heterocycles. The molecule has 1 saturated heterocycles. The van der Waals surface area contributed by atoms with Gasteiger partial charge in [-0.25, -0.2) is 4.98 Å². The van der Waals surface area contributed by atoms with Gasteiger partial charge in [-0.05, 0) is 25.8 Å². The van der Waals surface area contributed by atoms with E-state index in [0.717, 1.165) is 12.5 Å². The fourth-order valence-electron chi connectivity index (χ4n) is 2.33. The van der Waals surface area contributed by atoms with Crippen molar-refractivity contribution in [3.63, 3.8) is 0 Å². The monoisotopic (exact) mass is 280 g/mol. The maximum Gasteiger partial charge on any atom is 0.310 e. The van der Waals surface area contributed by atoms with Crippen LogP contribution in [0, 0.1) is 11.9 Å². The Morgan fingerprint density at radius 1 is 1.55 bits per heavy atom. The lowest BCUT2D eigenvalue weighted by Gasteiger charge is -2.31. The molecule has 108 valence electrons. The summed E-state index contributed by atoms with van der Waals surface area (Å²) in [6, 6.07) is 2.58. The van der Waals surface area contributed by atoms with E-state index in [2.05, 4.69) is 4.98 Å². The van der Waals surface area contributed by atoms with Crippen molar-refractivity contribution in [3.05, 3.63) is 29.8 Å². The van der Waals surface area contributed by atoms with Crippen LogP contribution < -0.4 is 0 Å². The highest BCUT2D eigenvalue weighted by Crippen LogP contribution is 2.20. The van der Waals surface area contributed by atoms with E-state index in [4.69, 9.17) is 4.74 Å². The van der Waals surface area contributed by atoms with Crippen molar-refractivity contribution in [2.75, 3.05) is 19.7 Å². The summed E-state index contributed by atoms with van der Waals surface area (Å²) >= 11 is 0.